The maximum absolute atomic E-state index is 9.65. The molecular weight excluding hydrogens is 324 g/mol. The Morgan fingerprint density at radius 3 is 2.65 bits per heavy atom. The molecule has 5 heteroatoms. The summed E-state index contributed by atoms with van der Waals surface area (Å²) in [4.78, 5) is 6.25. The monoisotopic (exact) mass is 358 g/mol. The molecule has 0 spiro atoms. The second kappa shape index (κ2) is 11.5. The van der Waals surface area contributed by atoms with Gasteiger partial charge in [-0.2, -0.15) is 5.26 Å². The minimum atomic E-state index is 0.282. The van der Waals surface area contributed by atoms with Crippen LogP contribution >= 0.6 is 0 Å². The van der Waals surface area contributed by atoms with Crippen LogP contribution in [0.15, 0.2) is 17.1 Å². The Labute approximate surface area is 159 Å². The molecule has 0 saturated heterocycles. The maximum Gasteiger partial charge on any atom is 0.142 e. The van der Waals surface area contributed by atoms with Crippen molar-refractivity contribution < 1.29 is 4.74 Å². The first kappa shape index (κ1) is 22.0. The van der Waals surface area contributed by atoms with E-state index in [2.05, 4.69) is 37.1 Å². The molecule has 0 aliphatic carbocycles. The Balaban J connectivity index is 2.98. The van der Waals surface area contributed by atoms with Gasteiger partial charge in [-0.15, -0.1) is 0 Å². The summed E-state index contributed by atoms with van der Waals surface area (Å²) in [6.07, 6.45) is 5.01. The highest BCUT2D eigenvalue weighted by Gasteiger charge is 2.16. The van der Waals surface area contributed by atoms with Crippen LogP contribution < -0.4 is 10.1 Å². The van der Waals surface area contributed by atoms with Crippen molar-refractivity contribution >= 4 is 12.0 Å². The molecule has 5 nitrogen and oxygen atoms in total. The van der Waals surface area contributed by atoms with Crippen LogP contribution in [0, 0.1) is 24.2 Å². The second-order valence-corrected chi connectivity index (χ2v) is 7.14. The fraction of sp³-hybridized carbons (Fsp3) is 0.619. The molecule has 0 fully saturated rings. The van der Waals surface area contributed by atoms with Crippen LogP contribution in [0.2, 0.25) is 0 Å². The van der Waals surface area contributed by atoms with Gasteiger partial charge in [-0.3, -0.25) is 0 Å². The van der Waals surface area contributed by atoms with E-state index < -0.39 is 0 Å². The van der Waals surface area contributed by atoms with Gasteiger partial charge in [0.05, 0.1) is 12.0 Å². The van der Waals surface area contributed by atoms with Crippen LogP contribution in [0.4, 0.5) is 5.69 Å². The van der Waals surface area contributed by atoms with Gasteiger partial charge in [-0.25, -0.2) is 4.99 Å². The van der Waals surface area contributed by atoms with Gasteiger partial charge < -0.3 is 15.0 Å². The minimum Gasteiger partial charge on any atom is -0.490 e. The van der Waals surface area contributed by atoms with Crippen molar-refractivity contribution in [1.82, 2.24) is 10.2 Å². The molecule has 0 heterocycles. The van der Waals surface area contributed by atoms with Gasteiger partial charge in [0, 0.05) is 20.1 Å². The quantitative estimate of drug-likeness (QED) is 0.474. The molecule has 1 N–H and O–H groups in total. The number of aliphatic imine (C=N–C) groups is 1. The van der Waals surface area contributed by atoms with Crippen molar-refractivity contribution in [2.24, 2.45) is 10.9 Å². The van der Waals surface area contributed by atoms with E-state index in [0.717, 1.165) is 31.4 Å². The lowest BCUT2D eigenvalue weighted by atomic mass is 9.99. The third-order valence-electron chi connectivity index (χ3n) is 4.37. The van der Waals surface area contributed by atoms with E-state index in [9.17, 15) is 5.26 Å². The Morgan fingerprint density at radius 2 is 2.08 bits per heavy atom. The smallest absolute Gasteiger partial charge is 0.142 e. The number of aryl methyl sites for hydroxylation is 1. The van der Waals surface area contributed by atoms with Crippen molar-refractivity contribution in [3.05, 3.63) is 23.3 Å². The molecule has 1 aromatic carbocycles. The number of ether oxygens (including phenoxy) is 1. The summed E-state index contributed by atoms with van der Waals surface area (Å²) in [5.74, 6) is 1.29. The van der Waals surface area contributed by atoms with E-state index in [-0.39, 0.29) is 6.04 Å². The highest BCUT2D eigenvalue weighted by atomic mass is 16.5. The predicted molar refractivity (Wildman–Crippen MR) is 109 cm³/mol. The molecule has 0 bridgehead atoms. The van der Waals surface area contributed by atoms with Crippen LogP contribution in [0.3, 0.4) is 0 Å². The molecule has 144 valence electrons. The first-order valence-electron chi connectivity index (χ1n) is 9.53. The number of rotatable bonds is 11. The largest absolute Gasteiger partial charge is 0.490 e. The van der Waals surface area contributed by atoms with Gasteiger partial charge >= 0.3 is 0 Å². The second-order valence-electron chi connectivity index (χ2n) is 7.14. The highest BCUT2D eigenvalue weighted by molar-refractivity contribution is 5.69. The normalized spacial score (nSPS) is 13.4. The van der Waals surface area contributed by atoms with Crippen LogP contribution in [0.5, 0.6) is 5.75 Å². The molecule has 1 aromatic rings. The molecule has 0 aliphatic rings. The molecule has 0 saturated carbocycles. The molecule has 1 rings (SSSR count). The lowest BCUT2D eigenvalue weighted by Crippen LogP contribution is -2.36. The molecule has 0 aromatic heterocycles. The van der Waals surface area contributed by atoms with E-state index in [1.807, 2.05) is 38.1 Å². The van der Waals surface area contributed by atoms with Gasteiger partial charge in [0.25, 0.3) is 0 Å². The van der Waals surface area contributed by atoms with Crippen molar-refractivity contribution in [2.75, 3.05) is 27.2 Å². The Bertz CT molecular complexity index is 619. The number of nitrogens with zero attached hydrogens (tertiary/aromatic N) is 3. The van der Waals surface area contributed by atoms with E-state index in [1.165, 1.54) is 0 Å². The summed E-state index contributed by atoms with van der Waals surface area (Å²) in [7, 11) is 3.81. The standard InChI is InChI=1S/C21H34N4O/c1-7-11-23-18(12-16(3)8-2)14-26-21-17(4)9-10-20(19(21)13-22)24-15-25(5)6/h9-10,15-16,18,23H,7-8,11-12,14H2,1-6H3. The average Bonchev–Trinajstić information content (AvgIpc) is 2.62. The number of benzene rings is 1. The van der Waals surface area contributed by atoms with E-state index in [0.29, 0.717) is 29.5 Å². The summed E-state index contributed by atoms with van der Waals surface area (Å²) in [6.45, 7) is 10.1. The SMILES string of the molecule is CCCNC(COc1c(C)ccc(N=CN(C)C)c1C#N)CC(C)CC. The third-order valence-corrected chi connectivity index (χ3v) is 4.37. The molecule has 2 unspecified atom stereocenters. The highest BCUT2D eigenvalue weighted by Crippen LogP contribution is 2.31. The van der Waals surface area contributed by atoms with Gasteiger partial charge in [-0.05, 0) is 43.9 Å². The van der Waals surface area contributed by atoms with Gasteiger partial charge in [0.2, 0.25) is 0 Å². The topological polar surface area (TPSA) is 60.6 Å². The van der Waals surface area contributed by atoms with Crippen molar-refractivity contribution in [3.8, 4) is 11.8 Å². The fourth-order valence-corrected chi connectivity index (χ4v) is 2.65. The maximum atomic E-state index is 9.65. The zero-order valence-electron chi connectivity index (χ0n) is 17.2. The lowest BCUT2D eigenvalue weighted by molar-refractivity contribution is 0.238. The summed E-state index contributed by atoms with van der Waals surface area (Å²) in [6, 6.07) is 6.38. The molecule has 2 atom stereocenters. The number of hydrogen-bond acceptors (Lipinski definition) is 4. The van der Waals surface area contributed by atoms with E-state index in [4.69, 9.17) is 4.74 Å². The molecule has 26 heavy (non-hydrogen) atoms. The third kappa shape index (κ3) is 7.05. The summed E-state index contributed by atoms with van der Waals surface area (Å²) >= 11 is 0. The number of hydrogen-bond donors (Lipinski definition) is 1. The number of nitrogens with one attached hydrogen (secondary N) is 1. The van der Waals surface area contributed by atoms with Crippen LogP contribution in [-0.2, 0) is 0 Å². The molecule has 0 radical (unpaired) electrons. The van der Waals surface area contributed by atoms with Crippen molar-refractivity contribution in [1.29, 1.82) is 5.26 Å². The summed E-state index contributed by atoms with van der Waals surface area (Å²) < 4.78 is 6.14. The molecule has 0 amide bonds. The van der Waals surface area contributed by atoms with Gasteiger partial charge in [-0.1, -0.05) is 33.3 Å². The summed E-state index contributed by atoms with van der Waals surface area (Å²) in [5.41, 5.74) is 2.10. The van der Waals surface area contributed by atoms with Crippen LogP contribution in [0.1, 0.15) is 51.2 Å². The average molecular weight is 359 g/mol. The zero-order chi connectivity index (χ0) is 19.5. The first-order valence-corrected chi connectivity index (χ1v) is 9.53. The Kier molecular flexibility index (Phi) is 9.75. The van der Waals surface area contributed by atoms with Crippen LogP contribution in [0.25, 0.3) is 0 Å². The van der Waals surface area contributed by atoms with Crippen molar-refractivity contribution in [3.63, 3.8) is 0 Å². The van der Waals surface area contributed by atoms with Gasteiger partial charge in [0.1, 0.15) is 24.0 Å². The Hall–Kier alpha value is -2.06. The van der Waals surface area contributed by atoms with E-state index in [1.54, 1.807) is 6.34 Å². The Morgan fingerprint density at radius 1 is 1.35 bits per heavy atom. The summed E-state index contributed by atoms with van der Waals surface area (Å²) in [5, 5.41) is 13.2. The fourth-order valence-electron chi connectivity index (χ4n) is 2.65. The number of nitriles is 1. The van der Waals surface area contributed by atoms with Crippen LogP contribution in [-0.4, -0.2) is 44.5 Å². The van der Waals surface area contributed by atoms with Crippen molar-refractivity contribution in [2.45, 2.75) is 53.0 Å². The minimum absolute atomic E-state index is 0.282. The molecular formula is C21H34N4O. The predicted octanol–water partition coefficient (Wildman–Crippen LogP) is 4.27. The first-order chi connectivity index (χ1) is 12.4. The van der Waals surface area contributed by atoms with Gasteiger partial charge in [0.15, 0.2) is 0 Å². The van der Waals surface area contributed by atoms with E-state index >= 15 is 0 Å². The zero-order valence-corrected chi connectivity index (χ0v) is 17.2. The lowest BCUT2D eigenvalue weighted by Gasteiger charge is -2.23. The molecule has 0 aliphatic heterocycles.